The van der Waals surface area contributed by atoms with Gasteiger partial charge in [-0.1, -0.05) is 17.9 Å². The number of amides is 1. The van der Waals surface area contributed by atoms with E-state index in [0.29, 0.717) is 18.8 Å². The van der Waals surface area contributed by atoms with Crippen LogP contribution in [0.3, 0.4) is 0 Å². The molecule has 0 aliphatic carbocycles. The van der Waals surface area contributed by atoms with Gasteiger partial charge in [-0.15, -0.1) is 11.3 Å². The van der Waals surface area contributed by atoms with Crippen molar-refractivity contribution in [2.75, 3.05) is 11.9 Å². The average Bonchev–Trinajstić information content (AvgIpc) is 2.99. The lowest BCUT2D eigenvalue weighted by molar-refractivity contribution is -0.116. The third kappa shape index (κ3) is 5.38. The molecule has 0 bridgehead atoms. The molecule has 3 N–H and O–H groups in total. The number of hydrogen-bond donors (Lipinski definition) is 2. The van der Waals surface area contributed by atoms with Gasteiger partial charge in [0.25, 0.3) is 0 Å². The Morgan fingerprint density at radius 3 is 3.10 bits per heavy atom. The van der Waals surface area contributed by atoms with Gasteiger partial charge in [0, 0.05) is 23.1 Å². The first-order chi connectivity index (χ1) is 10.3. The third-order valence-corrected chi connectivity index (χ3v) is 3.71. The van der Waals surface area contributed by atoms with Gasteiger partial charge in [0.2, 0.25) is 5.91 Å². The maximum absolute atomic E-state index is 11.9. The zero-order chi connectivity index (χ0) is 14.9. The molecule has 0 radical (unpaired) electrons. The number of nitrogens with one attached hydrogen (secondary N) is 1. The number of aryl methyl sites for hydroxylation is 1. The maximum atomic E-state index is 11.9. The molecule has 0 fully saturated rings. The predicted octanol–water partition coefficient (Wildman–Crippen LogP) is 2.41. The van der Waals surface area contributed by atoms with Gasteiger partial charge in [0.1, 0.15) is 5.82 Å². The van der Waals surface area contributed by atoms with Crippen molar-refractivity contribution < 1.29 is 4.79 Å². The zero-order valence-corrected chi connectivity index (χ0v) is 12.5. The summed E-state index contributed by atoms with van der Waals surface area (Å²) < 4.78 is 0. The van der Waals surface area contributed by atoms with Crippen LogP contribution in [0.15, 0.2) is 35.8 Å². The van der Waals surface area contributed by atoms with Crippen molar-refractivity contribution in [2.45, 2.75) is 19.3 Å². The summed E-state index contributed by atoms with van der Waals surface area (Å²) in [5.74, 6) is 6.19. The van der Waals surface area contributed by atoms with Crippen molar-refractivity contribution in [3.63, 3.8) is 0 Å². The van der Waals surface area contributed by atoms with Crippen molar-refractivity contribution in [1.29, 1.82) is 0 Å². The van der Waals surface area contributed by atoms with Gasteiger partial charge in [-0.05, 0) is 36.4 Å². The Morgan fingerprint density at radius 1 is 1.43 bits per heavy atom. The fourth-order valence-electron chi connectivity index (χ4n) is 1.81. The molecule has 108 valence electrons. The Kier molecular flexibility index (Phi) is 5.95. The fraction of sp³-hybridized carbons (Fsp3) is 0.250. The van der Waals surface area contributed by atoms with Crippen molar-refractivity contribution in [1.82, 2.24) is 4.98 Å². The molecule has 2 aromatic heterocycles. The molecule has 4 nitrogen and oxygen atoms in total. The van der Waals surface area contributed by atoms with Crippen molar-refractivity contribution in [2.24, 2.45) is 5.73 Å². The van der Waals surface area contributed by atoms with E-state index in [-0.39, 0.29) is 5.91 Å². The zero-order valence-electron chi connectivity index (χ0n) is 11.6. The van der Waals surface area contributed by atoms with Crippen LogP contribution in [-0.4, -0.2) is 17.4 Å². The smallest absolute Gasteiger partial charge is 0.225 e. The average molecular weight is 299 g/mol. The first-order valence-electron chi connectivity index (χ1n) is 6.75. The fourth-order valence-corrected chi connectivity index (χ4v) is 2.56. The van der Waals surface area contributed by atoms with Gasteiger partial charge in [0.05, 0.1) is 6.54 Å². The maximum Gasteiger partial charge on any atom is 0.225 e. The quantitative estimate of drug-likeness (QED) is 0.833. The first kappa shape index (κ1) is 15.2. The third-order valence-electron chi connectivity index (χ3n) is 2.77. The number of nitrogens with zero attached hydrogens (tertiary/aromatic N) is 1. The number of aromatic nitrogens is 1. The van der Waals surface area contributed by atoms with E-state index < -0.39 is 0 Å². The van der Waals surface area contributed by atoms with Gasteiger partial charge in [-0.2, -0.15) is 0 Å². The van der Waals surface area contributed by atoms with Gasteiger partial charge in [-0.25, -0.2) is 4.98 Å². The number of nitrogens with two attached hydrogens (primary N) is 1. The van der Waals surface area contributed by atoms with E-state index in [1.807, 2.05) is 11.4 Å². The van der Waals surface area contributed by atoms with E-state index in [1.165, 1.54) is 4.88 Å². The topological polar surface area (TPSA) is 68.0 Å². The van der Waals surface area contributed by atoms with Crippen molar-refractivity contribution in [3.05, 3.63) is 46.3 Å². The SMILES string of the molecule is NCC#Cc1ccnc(NC(=O)CCCc2cccs2)c1. The highest BCUT2D eigenvalue weighted by Gasteiger charge is 2.04. The number of anilines is 1. The summed E-state index contributed by atoms with van der Waals surface area (Å²) in [5, 5.41) is 4.84. The number of carbonyl (C=O) groups is 1. The summed E-state index contributed by atoms with van der Waals surface area (Å²) in [5.41, 5.74) is 6.13. The monoisotopic (exact) mass is 299 g/mol. The van der Waals surface area contributed by atoms with Crippen molar-refractivity contribution in [3.8, 4) is 11.8 Å². The number of rotatable bonds is 5. The minimum atomic E-state index is -0.0250. The summed E-state index contributed by atoms with van der Waals surface area (Å²) >= 11 is 1.72. The van der Waals surface area contributed by atoms with Crippen LogP contribution in [-0.2, 0) is 11.2 Å². The molecule has 0 unspecified atom stereocenters. The lowest BCUT2D eigenvalue weighted by atomic mass is 10.2. The molecular weight excluding hydrogens is 282 g/mol. The van der Waals surface area contributed by atoms with E-state index in [0.717, 1.165) is 18.4 Å². The van der Waals surface area contributed by atoms with E-state index in [2.05, 4.69) is 28.2 Å². The summed E-state index contributed by atoms with van der Waals surface area (Å²) in [4.78, 5) is 17.3. The molecule has 0 saturated carbocycles. The Morgan fingerprint density at radius 2 is 2.33 bits per heavy atom. The lowest BCUT2D eigenvalue weighted by Gasteiger charge is -2.04. The molecule has 0 saturated heterocycles. The summed E-state index contributed by atoms with van der Waals surface area (Å²) in [6, 6.07) is 7.65. The molecule has 21 heavy (non-hydrogen) atoms. The minimum absolute atomic E-state index is 0.0250. The number of hydrogen-bond acceptors (Lipinski definition) is 4. The van der Waals surface area contributed by atoms with E-state index in [1.54, 1.807) is 29.7 Å². The van der Waals surface area contributed by atoms with Gasteiger partial charge in [-0.3, -0.25) is 4.79 Å². The van der Waals surface area contributed by atoms with Crippen molar-refractivity contribution >= 4 is 23.1 Å². The normalized spacial score (nSPS) is 9.76. The Balaban J connectivity index is 1.82. The van der Waals surface area contributed by atoms with Crippen LogP contribution >= 0.6 is 11.3 Å². The lowest BCUT2D eigenvalue weighted by Crippen LogP contribution is -2.12. The largest absolute Gasteiger partial charge is 0.320 e. The Labute approximate surface area is 128 Å². The molecule has 0 aromatic carbocycles. The second-order valence-corrected chi connectivity index (χ2v) is 5.45. The van der Waals surface area contributed by atoms with Crippen LogP contribution in [0.25, 0.3) is 0 Å². The minimum Gasteiger partial charge on any atom is -0.320 e. The number of carbonyl (C=O) groups excluding carboxylic acids is 1. The first-order valence-corrected chi connectivity index (χ1v) is 7.63. The molecular formula is C16H17N3OS. The summed E-state index contributed by atoms with van der Waals surface area (Å²) in [6.45, 7) is 0.312. The van der Waals surface area contributed by atoms with E-state index in [9.17, 15) is 4.79 Å². The molecule has 5 heteroatoms. The van der Waals surface area contributed by atoms with Gasteiger partial charge in [0.15, 0.2) is 0 Å². The molecule has 2 heterocycles. The predicted molar refractivity (Wildman–Crippen MR) is 86.1 cm³/mol. The van der Waals surface area contributed by atoms with Crippen LogP contribution < -0.4 is 11.1 Å². The number of thiophene rings is 1. The Bertz CT molecular complexity index is 641. The van der Waals surface area contributed by atoms with Crippen LogP contribution in [0.5, 0.6) is 0 Å². The molecule has 2 aromatic rings. The van der Waals surface area contributed by atoms with Crippen LogP contribution in [0.4, 0.5) is 5.82 Å². The molecule has 1 amide bonds. The standard InChI is InChI=1S/C16H17N3OS/c17-9-2-4-13-8-10-18-15(12-13)19-16(20)7-1-5-14-6-3-11-21-14/h3,6,8,10-12H,1,5,7,9,17H2,(H,18,19,20). The summed E-state index contributed by atoms with van der Waals surface area (Å²) in [7, 11) is 0. The highest BCUT2D eigenvalue weighted by Crippen LogP contribution is 2.12. The molecule has 0 aliphatic rings. The van der Waals surface area contributed by atoms with Crippen LogP contribution in [0, 0.1) is 11.8 Å². The highest BCUT2D eigenvalue weighted by atomic mass is 32.1. The summed E-state index contributed by atoms with van der Waals surface area (Å²) in [6.07, 6.45) is 3.87. The number of pyridine rings is 1. The molecule has 0 spiro atoms. The van der Waals surface area contributed by atoms with Gasteiger partial charge >= 0.3 is 0 Å². The molecule has 0 aliphatic heterocycles. The van der Waals surface area contributed by atoms with Gasteiger partial charge < -0.3 is 11.1 Å². The second kappa shape index (κ2) is 8.20. The van der Waals surface area contributed by atoms with E-state index >= 15 is 0 Å². The van der Waals surface area contributed by atoms with Crippen LogP contribution in [0.2, 0.25) is 0 Å². The van der Waals surface area contributed by atoms with Crippen LogP contribution in [0.1, 0.15) is 23.3 Å². The molecule has 2 rings (SSSR count). The second-order valence-electron chi connectivity index (χ2n) is 4.42. The highest BCUT2D eigenvalue weighted by molar-refractivity contribution is 7.09. The Hall–Kier alpha value is -2.16. The molecule has 0 atom stereocenters. The van der Waals surface area contributed by atoms with E-state index in [4.69, 9.17) is 5.73 Å².